The van der Waals surface area contributed by atoms with Crippen molar-refractivity contribution in [3.8, 4) is 16.3 Å². The van der Waals surface area contributed by atoms with Crippen LogP contribution in [0.5, 0.6) is 5.75 Å². The molecule has 2 heterocycles. The molecule has 0 radical (unpaired) electrons. The maximum absolute atomic E-state index is 12.4. The first-order valence-electron chi connectivity index (χ1n) is 8.15. The summed E-state index contributed by atoms with van der Waals surface area (Å²) < 4.78 is 7.01. The molecule has 0 aliphatic rings. The van der Waals surface area contributed by atoms with E-state index in [1.165, 1.54) is 11.3 Å². The zero-order chi connectivity index (χ0) is 18.8. The van der Waals surface area contributed by atoms with Crippen molar-refractivity contribution in [1.82, 2.24) is 19.8 Å². The monoisotopic (exact) mass is 399 g/mol. The molecule has 1 amide bonds. The fraction of sp³-hybridized carbons (Fsp3) is 0.111. The van der Waals surface area contributed by atoms with E-state index in [0.29, 0.717) is 28.6 Å². The van der Waals surface area contributed by atoms with Crippen LogP contribution in [-0.4, -0.2) is 32.3 Å². The van der Waals surface area contributed by atoms with Gasteiger partial charge in [-0.25, -0.2) is 0 Å². The second-order valence-corrected chi connectivity index (χ2v) is 6.94. The average molecular weight is 400 g/mol. The van der Waals surface area contributed by atoms with Gasteiger partial charge in [-0.15, -0.1) is 10.2 Å². The highest BCUT2D eigenvalue weighted by Crippen LogP contribution is 2.27. The van der Waals surface area contributed by atoms with Crippen LogP contribution >= 0.6 is 22.9 Å². The minimum atomic E-state index is -0.244. The summed E-state index contributed by atoms with van der Waals surface area (Å²) in [7, 11) is 0. The van der Waals surface area contributed by atoms with Crippen molar-refractivity contribution in [2.45, 2.75) is 6.92 Å². The molecule has 0 bridgehead atoms. The number of hydrogen-bond acceptors (Lipinski definition) is 6. The maximum Gasteiger partial charge on any atom is 0.255 e. The lowest BCUT2D eigenvalue weighted by Gasteiger charge is -2.09. The molecule has 0 aliphatic heterocycles. The third-order valence-electron chi connectivity index (χ3n) is 3.77. The van der Waals surface area contributed by atoms with Crippen LogP contribution in [0.15, 0.2) is 48.8 Å². The van der Waals surface area contributed by atoms with E-state index in [4.69, 9.17) is 16.3 Å². The lowest BCUT2D eigenvalue weighted by atomic mass is 10.2. The molecule has 1 N–H and O–H groups in total. The Morgan fingerprint density at radius 3 is 2.78 bits per heavy atom. The summed E-state index contributed by atoms with van der Waals surface area (Å²) in [5, 5.41) is 16.3. The van der Waals surface area contributed by atoms with Crippen molar-refractivity contribution in [2.75, 3.05) is 11.9 Å². The Labute approximate surface area is 163 Å². The first-order chi connectivity index (χ1) is 13.1. The Kier molecular flexibility index (Phi) is 4.74. The molecule has 4 rings (SSSR count). The van der Waals surface area contributed by atoms with E-state index in [-0.39, 0.29) is 5.91 Å². The van der Waals surface area contributed by atoms with Crippen molar-refractivity contribution < 1.29 is 9.53 Å². The molecule has 2 aromatic carbocycles. The van der Waals surface area contributed by atoms with E-state index in [9.17, 15) is 4.79 Å². The van der Waals surface area contributed by atoms with Crippen LogP contribution in [0.2, 0.25) is 5.02 Å². The topological polar surface area (TPSA) is 81.4 Å². The van der Waals surface area contributed by atoms with E-state index in [1.807, 2.05) is 31.2 Å². The molecular formula is C18H14ClN5O2S. The number of carbonyl (C=O) groups excluding carboxylic acids is 1. The van der Waals surface area contributed by atoms with Gasteiger partial charge in [-0.2, -0.15) is 9.61 Å². The molecule has 0 unspecified atom stereocenters. The maximum atomic E-state index is 12.4. The van der Waals surface area contributed by atoms with Crippen LogP contribution in [-0.2, 0) is 0 Å². The number of aromatic nitrogens is 4. The normalized spacial score (nSPS) is 10.9. The summed E-state index contributed by atoms with van der Waals surface area (Å²) in [6.45, 7) is 2.39. The number of rotatable bonds is 5. The Morgan fingerprint density at radius 2 is 2.07 bits per heavy atom. The first-order valence-corrected chi connectivity index (χ1v) is 9.34. The van der Waals surface area contributed by atoms with Crippen LogP contribution in [0.1, 0.15) is 17.3 Å². The molecule has 27 heavy (non-hydrogen) atoms. The number of nitrogens with zero attached hydrogens (tertiary/aromatic N) is 4. The van der Waals surface area contributed by atoms with Crippen molar-refractivity contribution in [3.63, 3.8) is 0 Å². The van der Waals surface area contributed by atoms with Crippen LogP contribution in [0.25, 0.3) is 15.5 Å². The number of nitrogens with one attached hydrogen (secondary N) is 1. The van der Waals surface area contributed by atoms with Crippen LogP contribution in [0, 0.1) is 0 Å². The van der Waals surface area contributed by atoms with Gasteiger partial charge in [0.2, 0.25) is 4.96 Å². The van der Waals surface area contributed by atoms with E-state index in [1.54, 1.807) is 29.0 Å². The van der Waals surface area contributed by atoms with Crippen LogP contribution in [0.3, 0.4) is 0 Å². The third kappa shape index (κ3) is 3.62. The molecule has 9 heteroatoms. The molecule has 0 saturated carbocycles. The number of carbonyl (C=O) groups is 1. The Morgan fingerprint density at radius 1 is 1.26 bits per heavy atom. The van der Waals surface area contributed by atoms with E-state index >= 15 is 0 Å². The van der Waals surface area contributed by atoms with Gasteiger partial charge in [-0.05, 0) is 49.4 Å². The number of anilines is 1. The summed E-state index contributed by atoms with van der Waals surface area (Å²) in [6.07, 6.45) is 1.56. The van der Waals surface area contributed by atoms with Gasteiger partial charge in [0, 0.05) is 16.8 Å². The number of amides is 1. The second-order valence-electron chi connectivity index (χ2n) is 5.57. The minimum Gasteiger partial charge on any atom is -0.492 e. The number of fused-ring (bicyclic) bond motifs is 1. The molecule has 0 aliphatic carbocycles. The van der Waals surface area contributed by atoms with Gasteiger partial charge >= 0.3 is 0 Å². The smallest absolute Gasteiger partial charge is 0.255 e. The first kappa shape index (κ1) is 17.4. The lowest BCUT2D eigenvalue weighted by molar-refractivity contribution is 0.102. The fourth-order valence-electron chi connectivity index (χ4n) is 2.49. The Hall–Kier alpha value is -2.97. The summed E-state index contributed by atoms with van der Waals surface area (Å²) in [5.41, 5.74) is 2.07. The highest BCUT2D eigenvalue weighted by Gasteiger charge is 2.11. The largest absolute Gasteiger partial charge is 0.492 e. The number of ether oxygens (including phenoxy) is 1. The van der Waals surface area contributed by atoms with Crippen molar-refractivity contribution in [2.24, 2.45) is 0 Å². The van der Waals surface area contributed by atoms with E-state index in [0.717, 1.165) is 15.5 Å². The highest BCUT2D eigenvalue weighted by atomic mass is 35.5. The zero-order valence-electron chi connectivity index (χ0n) is 14.2. The summed E-state index contributed by atoms with van der Waals surface area (Å²) in [4.78, 5) is 13.2. The molecule has 7 nitrogen and oxygen atoms in total. The fourth-order valence-corrected chi connectivity index (χ4v) is 3.55. The molecular weight excluding hydrogens is 386 g/mol. The van der Waals surface area contributed by atoms with Gasteiger partial charge in [0.05, 0.1) is 11.6 Å². The SMILES string of the molecule is CCOc1ccc(C(=O)Nc2ccc(-c3nn4cnnc4s3)cc2)cc1Cl. The van der Waals surface area contributed by atoms with E-state index < -0.39 is 0 Å². The van der Waals surface area contributed by atoms with Crippen LogP contribution in [0.4, 0.5) is 5.69 Å². The molecule has 0 atom stereocenters. The van der Waals surface area contributed by atoms with Gasteiger partial charge in [0.25, 0.3) is 5.91 Å². The van der Waals surface area contributed by atoms with Crippen molar-refractivity contribution >= 4 is 39.5 Å². The number of benzene rings is 2. The zero-order valence-corrected chi connectivity index (χ0v) is 15.8. The Balaban J connectivity index is 1.48. The molecule has 4 aromatic rings. The van der Waals surface area contributed by atoms with Crippen LogP contribution < -0.4 is 10.1 Å². The molecule has 0 spiro atoms. The summed E-state index contributed by atoms with van der Waals surface area (Å²) >= 11 is 7.59. The Bertz CT molecular complexity index is 1080. The van der Waals surface area contributed by atoms with Gasteiger partial charge in [0.15, 0.2) is 0 Å². The summed E-state index contributed by atoms with van der Waals surface area (Å²) in [6, 6.07) is 12.4. The quantitative estimate of drug-likeness (QED) is 0.545. The predicted octanol–water partition coefficient (Wildman–Crippen LogP) is 4.16. The van der Waals surface area contributed by atoms with Gasteiger partial charge in [-0.3, -0.25) is 4.79 Å². The van der Waals surface area contributed by atoms with Gasteiger partial charge in [0.1, 0.15) is 17.1 Å². The third-order valence-corrected chi connectivity index (χ3v) is 5.03. The van der Waals surface area contributed by atoms with Gasteiger partial charge in [-0.1, -0.05) is 22.9 Å². The average Bonchev–Trinajstić information content (AvgIpc) is 3.26. The van der Waals surface area contributed by atoms with Crippen molar-refractivity contribution in [3.05, 3.63) is 59.4 Å². The second kappa shape index (κ2) is 7.34. The lowest BCUT2D eigenvalue weighted by Crippen LogP contribution is -2.11. The molecule has 2 aromatic heterocycles. The summed E-state index contributed by atoms with van der Waals surface area (Å²) in [5.74, 6) is 0.316. The molecule has 0 saturated heterocycles. The number of halogens is 1. The highest BCUT2D eigenvalue weighted by molar-refractivity contribution is 7.19. The number of hydrogen-bond donors (Lipinski definition) is 1. The molecule has 0 fully saturated rings. The van der Waals surface area contributed by atoms with Gasteiger partial charge < -0.3 is 10.1 Å². The predicted molar refractivity (Wildman–Crippen MR) is 105 cm³/mol. The standard InChI is InChI=1S/C18H14ClN5O2S/c1-2-26-15-8-5-12(9-14(15)19)16(25)21-13-6-3-11(4-7-13)17-23-24-10-20-22-18(24)27-17/h3-10H,2H2,1H3,(H,21,25). The van der Waals surface area contributed by atoms with E-state index in [2.05, 4.69) is 20.6 Å². The minimum absolute atomic E-state index is 0.244. The van der Waals surface area contributed by atoms with Crippen molar-refractivity contribution in [1.29, 1.82) is 0 Å². The molecule has 136 valence electrons.